The van der Waals surface area contributed by atoms with Crippen LogP contribution in [-0.4, -0.2) is 23.4 Å². The van der Waals surface area contributed by atoms with Crippen LogP contribution in [0.1, 0.15) is 36.7 Å². The maximum absolute atomic E-state index is 6.15. The zero-order valence-corrected chi connectivity index (χ0v) is 12.9. The van der Waals surface area contributed by atoms with Crippen molar-refractivity contribution < 1.29 is 9.26 Å². The minimum absolute atomic E-state index is 0.375. The first-order valence-electron chi connectivity index (χ1n) is 7.26. The molecule has 5 heteroatoms. The highest BCUT2D eigenvalue weighted by atomic mass is 16.5. The number of hydrogen-bond acceptors (Lipinski definition) is 5. The molecule has 1 atom stereocenters. The number of benzene rings is 1. The summed E-state index contributed by atoms with van der Waals surface area (Å²) < 4.78 is 10.6. The summed E-state index contributed by atoms with van der Waals surface area (Å²) >= 11 is 0. The molecule has 2 aromatic rings. The van der Waals surface area contributed by atoms with Crippen LogP contribution in [0.3, 0.4) is 0 Å². The van der Waals surface area contributed by atoms with Crippen molar-refractivity contribution in [2.45, 2.75) is 39.2 Å². The molecule has 0 saturated heterocycles. The van der Waals surface area contributed by atoms with E-state index >= 15 is 0 Å². The Balaban J connectivity index is 1.97. The second kappa shape index (κ2) is 6.83. The van der Waals surface area contributed by atoms with E-state index in [1.165, 1.54) is 11.1 Å². The van der Waals surface area contributed by atoms with E-state index in [4.69, 9.17) is 15.0 Å². The minimum atomic E-state index is -0.721. The van der Waals surface area contributed by atoms with Crippen molar-refractivity contribution >= 4 is 0 Å². The predicted molar refractivity (Wildman–Crippen MR) is 80.9 cm³/mol. The fourth-order valence-corrected chi connectivity index (χ4v) is 2.09. The Morgan fingerprint density at radius 1 is 1.33 bits per heavy atom. The molecule has 5 nitrogen and oxygen atoms in total. The van der Waals surface area contributed by atoms with Gasteiger partial charge in [0.15, 0.2) is 5.82 Å². The maximum atomic E-state index is 6.15. The van der Waals surface area contributed by atoms with Gasteiger partial charge in [-0.2, -0.15) is 4.98 Å². The van der Waals surface area contributed by atoms with E-state index in [2.05, 4.69) is 41.3 Å². The Kier molecular flexibility index (Phi) is 5.09. The summed E-state index contributed by atoms with van der Waals surface area (Å²) in [6.07, 6.45) is 1.58. The van der Waals surface area contributed by atoms with Gasteiger partial charge in [0.05, 0.1) is 6.61 Å². The van der Waals surface area contributed by atoms with Crippen molar-refractivity contribution in [1.29, 1.82) is 0 Å². The molecule has 0 aliphatic rings. The largest absolute Gasteiger partial charge is 0.379 e. The Labute approximate surface area is 125 Å². The van der Waals surface area contributed by atoms with Crippen LogP contribution in [-0.2, 0) is 23.1 Å². The number of hydrogen-bond donors (Lipinski definition) is 1. The quantitative estimate of drug-likeness (QED) is 0.847. The van der Waals surface area contributed by atoms with Gasteiger partial charge < -0.3 is 15.0 Å². The molecule has 21 heavy (non-hydrogen) atoms. The fraction of sp³-hybridized carbons (Fsp3) is 0.500. The average Bonchev–Trinajstić information content (AvgIpc) is 2.93. The lowest BCUT2D eigenvalue weighted by atomic mass is 10.1. The molecule has 2 N–H and O–H groups in total. The number of nitrogens with two attached hydrogens (primary N) is 1. The molecule has 0 aliphatic carbocycles. The van der Waals surface area contributed by atoms with Crippen LogP contribution < -0.4 is 5.73 Å². The molecule has 114 valence electrons. The van der Waals surface area contributed by atoms with Crippen LogP contribution in [0.5, 0.6) is 0 Å². The van der Waals surface area contributed by atoms with Gasteiger partial charge in [0.2, 0.25) is 5.89 Å². The Hall–Kier alpha value is -1.72. The van der Waals surface area contributed by atoms with Crippen molar-refractivity contribution in [2.24, 2.45) is 5.73 Å². The summed E-state index contributed by atoms with van der Waals surface area (Å²) in [6.45, 7) is 6.85. The second-order valence-electron chi connectivity index (χ2n) is 5.56. The lowest BCUT2D eigenvalue weighted by Gasteiger charge is -2.19. The van der Waals surface area contributed by atoms with Crippen LogP contribution in [0, 0.1) is 6.92 Å². The van der Waals surface area contributed by atoms with Crippen LogP contribution in [0.2, 0.25) is 0 Å². The molecule has 0 spiro atoms. The number of aromatic nitrogens is 2. The van der Waals surface area contributed by atoms with Crippen molar-refractivity contribution in [2.75, 3.05) is 13.2 Å². The minimum Gasteiger partial charge on any atom is -0.379 e. The standard InChI is InChI=1S/C16H23N3O2/c1-4-20-11-16(3,17)15-18-14(21-19-15)9-8-13-7-5-6-12(2)10-13/h5-7,10H,4,8-9,11,17H2,1-3H3. The van der Waals surface area contributed by atoms with Gasteiger partial charge in [0.1, 0.15) is 5.54 Å². The summed E-state index contributed by atoms with van der Waals surface area (Å²) in [5.41, 5.74) is 7.95. The van der Waals surface area contributed by atoms with Crippen molar-refractivity contribution in [3.05, 3.63) is 47.1 Å². The molecule has 2 rings (SSSR count). The van der Waals surface area contributed by atoms with Gasteiger partial charge in [0, 0.05) is 13.0 Å². The van der Waals surface area contributed by atoms with Gasteiger partial charge in [-0.15, -0.1) is 0 Å². The average molecular weight is 289 g/mol. The molecule has 0 fully saturated rings. The van der Waals surface area contributed by atoms with E-state index < -0.39 is 5.54 Å². The van der Waals surface area contributed by atoms with Gasteiger partial charge in [-0.3, -0.25) is 0 Å². The highest BCUT2D eigenvalue weighted by Gasteiger charge is 2.27. The topological polar surface area (TPSA) is 74.2 Å². The summed E-state index contributed by atoms with van der Waals surface area (Å²) in [6, 6.07) is 8.41. The van der Waals surface area contributed by atoms with E-state index in [-0.39, 0.29) is 0 Å². The molecule has 0 saturated carbocycles. The summed E-state index contributed by atoms with van der Waals surface area (Å²) in [4.78, 5) is 4.39. The van der Waals surface area contributed by atoms with E-state index in [9.17, 15) is 0 Å². The molecule has 0 aliphatic heterocycles. The molecule has 1 aromatic carbocycles. The van der Waals surface area contributed by atoms with Crippen LogP contribution >= 0.6 is 0 Å². The third-order valence-corrected chi connectivity index (χ3v) is 3.29. The van der Waals surface area contributed by atoms with Crippen LogP contribution in [0.4, 0.5) is 0 Å². The molecule has 1 aromatic heterocycles. The number of nitrogens with zero attached hydrogens (tertiary/aromatic N) is 2. The number of ether oxygens (including phenoxy) is 1. The van der Waals surface area contributed by atoms with E-state index in [1.54, 1.807) is 0 Å². The Bertz CT molecular complexity index is 578. The van der Waals surface area contributed by atoms with Crippen molar-refractivity contribution in [1.82, 2.24) is 10.1 Å². The number of rotatable bonds is 7. The molecular weight excluding hydrogens is 266 g/mol. The van der Waals surface area contributed by atoms with Gasteiger partial charge >= 0.3 is 0 Å². The normalized spacial score (nSPS) is 14.1. The van der Waals surface area contributed by atoms with E-state index in [0.717, 1.165) is 6.42 Å². The smallest absolute Gasteiger partial charge is 0.227 e. The summed E-state index contributed by atoms with van der Waals surface area (Å²) in [5, 5.41) is 3.98. The maximum Gasteiger partial charge on any atom is 0.227 e. The molecule has 1 unspecified atom stereocenters. The first-order chi connectivity index (χ1) is 10.0. The van der Waals surface area contributed by atoms with Crippen molar-refractivity contribution in [3.8, 4) is 0 Å². The lowest BCUT2D eigenvalue weighted by molar-refractivity contribution is 0.0962. The highest BCUT2D eigenvalue weighted by Crippen LogP contribution is 2.16. The van der Waals surface area contributed by atoms with Gasteiger partial charge in [0.25, 0.3) is 0 Å². The monoisotopic (exact) mass is 289 g/mol. The summed E-state index contributed by atoms with van der Waals surface area (Å²) in [5.74, 6) is 1.11. The number of aryl methyl sites for hydroxylation is 3. The zero-order valence-electron chi connectivity index (χ0n) is 12.9. The lowest BCUT2D eigenvalue weighted by Crippen LogP contribution is -2.39. The molecule has 0 amide bonds. The van der Waals surface area contributed by atoms with Crippen LogP contribution in [0.15, 0.2) is 28.8 Å². The third-order valence-electron chi connectivity index (χ3n) is 3.29. The fourth-order valence-electron chi connectivity index (χ4n) is 2.09. The van der Waals surface area contributed by atoms with Crippen LogP contribution in [0.25, 0.3) is 0 Å². The molecular formula is C16H23N3O2. The van der Waals surface area contributed by atoms with Gasteiger partial charge in [-0.1, -0.05) is 35.0 Å². The zero-order chi connectivity index (χ0) is 15.3. The Morgan fingerprint density at radius 2 is 2.14 bits per heavy atom. The predicted octanol–water partition coefficient (Wildman–Crippen LogP) is 2.37. The highest BCUT2D eigenvalue weighted by molar-refractivity contribution is 5.22. The van der Waals surface area contributed by atoms with Gasteiger partial charge in [-0.05, 0) is 32.8 Å². The summed E-state index contributed by atoms with van der Waals surface area (Å²) in [7, 11) is 0. The van der Waals surface area contributed by atoms with E-state index in [1.807, 2.05) is 13.8 Å². The SMILES string of the molecule is CCOCC(C)(N)c1noc(CCc2cccc(C)c2)n1. The second-order valence-corrected chi connectivity index (χ2v) is 5.56. The third kappa shape index (κ3) is 4.37. The van der Waals surface area contributed by atoms with E-state index in [0.29, 0.717) is 31.3 Å². The molecule has 0 radical (unpaired) electrons. The first kappa shape index (κ1) is 15.7. The molecule has 1 heterocycles. The van der Waals surface area contributed by atoms with Crippen molar-refractivity contribution in [3.63, 3.8) is 0 Å². The Morgan fingerprint density at radius 3 is 2.86 bits per heavy atom. The molecule has 0 bridgehead atoms. The first-order valence-corrected chi connectivity index (χ1v) is 7.26. The van der Waals surface area contributed by atoms with Gasteiger partial charge in [-0.25, -0.2) is 0 Å².